The van der Waals surface area contributed by atoms with E-state index in [1.807, 2.05) is 24.3 Å². The Balaban J connectivity index is 1.65. The van der Waals surface area contributed by atoms with Crippen LogP contribution >= 0.6 is 0 Å². The first kappa shape index (κ1) is 15.0. The maximum atomic E-state index is 12.4. The third-order valence-electron chi connectivity index (χ3n) is 3.86. The number of ether oxygens (including phenoxy) is 1. The Labute approximate surface area is 143 Å². The van der Waals surface area contributed by atoms with Gasteiger partial charge in [-0.05, 0) is 36.4 Å². The summed E-state index contributed by atoms with van der Waals surface area (Å²) in [4.78, 5) is 24.5. The highest BCUT2D eigenvalue weighted by molar-refractivity contribution is 6.04. The molecule has 6 heteroatoms. The lowest BCUT2D eigenvalue weighted by molar-refractivity contribution is 0.0944. The van der Waals surface area contributed by atoms with Crippen LogP contribution in [-0.2, 0) is 6.54 Å². The van der Waals surface area contributed by atoms with Crippen molar-refractivity contribution in [1.29, 1.82) is 0 Å². The monoisotopic (exact) mass is 334 g/mol. The smallest absolute Gasteiger partial charge is 0.291 e. The van der Waals surface area contributed by atoms with E-state index < -0.39 is 0 Å². The molecular weight excluding hydrogens is 320 g/mol. The van der Waals surface area contributed by atoms with Crippen molar-refractivity contribution < 1.29 is 18.7 Å². The molecule has 0 fully saturated rings. The minimum absolute atomic E-state index is 0.196. The highest BCUT2D eigenvalue weighted by Gasteiger charge is 2.19. The molecule has 0 bridgehead atoms. The standard InChI is InChI=1S/C19H14N2O4/c22-18-14-10-13(21-19(23)17-6-3-9-24-17)7-8-16(14)25-15-5-2-1-4-12(15)11-20-18/h1-10H,11H2,(H,20,22)(H,21,23). The van der Waals surface area contributed by atoms with Crippen molar-refractivity contribution in [1.82, 2.24) is 5.32 Å². The Bertz CT molecular complexity index is 948. The predicted molar refractivity (Wildman–Crippen MR) is 90.8 cm³/mol. The first-order chi connectivity index (χ1) is 12.2. The summed E-state index contributed by atoms with van der Waals surface area (Å²) in [5.41, 5.74) is 1.73. The molecule has 0 atom stereocenters. The van der Waals surface area contributed by atoms with Crippen LogP contribution in [0.15, 0.2) is 65.3 Å². The minimum atomic E-state index is -0.387. The van der Waals surface area contributed by atoms with E-state index in [1.165, 1.54) is 6.26 Å². The van der Waals surface area contributed by atoms with Crippen LogP contribution in [0, 0.1) is 0 Å². The van der Waals surface area contributed by atoms with Gasteiger partial charge >= 0.3 is 0 Å². The summed E-state index contributed by atoms with van der Waals surface area (Å²) in [5.74, 6) is 0.666. The summed E-state index contributed by atoms with van der Waals surface area (Å²) in [6.45, 7) is 0.372. The molecule has 2 aromatic carbocycles. The molecule has 6 nitrogen and oxygen atoms in total. The van der Waals surface area contributed by atoms with Gasteiger partial charge in [0.15, 0.2) is 5.76 Å². The summed E-state index contributed by atoms with van der Waals surface area (Å²) < 4.78 is 11.0. The highest BCUT2D eigenvalue weighted by Crippen LogP contribution is 2.32. The van der Waals surface area contributed by atoms with Gasteiger partial charge in [0.1, 0.15) is 11.5 Å². The van der Waals surface area contributed by atoms with Gasteiger partial charge in [0.05, 0.1) is 11.8 Å². The second kappa shape index (κ2) is 6.16. The lowest BCUT2D eigenvalue weighted by Crippen LogP contribution is -2.25. The van der Waals surface area contributed by atoms with Crippen molar-refractivity contribution in [3.05, 3.63) is 77.7 Å². The Morgan fingerprint density at radius 2 is 1.92 bits per heavy atom. The van der Waals surface area contributed by atoms with Gasteiger partial charge in [0.2, 0.25) is 0 Å². The molecule has 1 aromatic heterocycles. The van der Waals surface area contributed by atoms with Crippen LogP contribution in [0.2, 0.25) is 0 Å². The van der Waals surface area contributed by atoms with Crippen molar-refractivity contribution in [3.8, 4) is 11.5 Å². The van der Waals surface area contributed by atoms with Gasteiger partial charge < -0.3 is 19.8 Å². The highest BCUT2D eigenvalue weighted by atomic mass is 16.5. The fraction of sp³-hybridized carbons (Fsp3) is 0.0526. The van der Waals surface area contributed by atoms with Crippen LogP contribution in [0.1, 0.15) is 26.5 Å². The van der Waals surface area contributed by atoms with Gasteiger partial charge in [-0.2, -0.15) is 0 Å². The van der Waals surface area contributed by atoms with Crippen molar-refractivity contribution in [2.45, 2.75) is 6.54 Å². The molecule has 0 spiro atoms. The van der Waals surface area contributed by atoms with Crippen molar-refractivity contribution in [2.75, 3.05) is 5.32 Å². The van der Waals surface area contributed by atoms with Crippen LogP contribution < -0.4 is 15.4 Å². The largest absolute Gasteiger partial charge is 0.459 e. The molecule has 0 unspecified atom stereocenters. The summed E-state index contributed by atoms with van der Waals surface area (Å²) in [5, 5.41) is 5.56. The molecule has 0 radical (unpaired) electrons. The quantitative estimate of drug-likeness (QED) is 0.751. The fourth-order valence-corrected chi connectivity index (χ4v) is 2.61. The van der Waals surface area contributed by atoms with Crippen LogP contribution in [-0.4, -0.2) is 11.8 Å². The number of carbonyl (C=O) groups is 2. The first-order valence-corrected chi connectivity index (χ1v) is 7.73. The summed E-state index contributed by atoms with van der Waals surface area (Å²) in [6.07, 6.45) is 1.42. The summed E-state index contributed by atoms with van der Waals surface area (Å²) in [6, 6.07) is 15.6. The Morgan fingerprint density at radius 1 is 1.04 bits per heavy atom. The SMILES string of the molecule is O=C(Nc1ccc2c(c1)C(=O)NCc1ccccc1O2)c1ccco1. The average molecular weight is 334 g/mol. The second-order valence-electron chi connectivity index (χ2n) is 5.53. The van der Waals surface area contributed by atoms with E-state index in [4.69, 9.17) is 9.15 Å². The normalized spacial score (nSPS) is 12.7. The number of benzene rings is 2. The van der Waals surface area contributed by atoms with Gasteiger partial charge in [0, 0.05) is 17.8 Å². The fourth-order valence-electron chi connectivity index (χ4n) is 2.61. The second-order valence-corrected chi connectivity index (χ2v) is 5.53. The number of rotatable bonds is 2. The van der Waals surface area contributed by atoms with Gasteiger partial charge in [-0.15, -0.1) is 0 Å². The zero-order valence-electron chi connectivity index (χ0n) is 13.1. The first-order valence-electron chi connectivity index (χ1n) is 7.73. The van der Waals surface area contributed by atoms with E-state index in [9.17, 15) is 9.59 Å². The summed E-state index contributed by atoms with van der Waals surface area (Å²) >= 11 is 0. The molecular formula is C19H14N2O4. The zero-order chi connectivity index (χ0) is 17.2. The van der Waals surface area contributed by atoms with Gasteiger partial charge in [0.25, 0.3) is 11.8 Å². The number of fused-ring (bicyclic) bond motifs is 2. The molecule has 0 aliphatic carbocycles. The van der Waals surface area contributed by atoms with Gasteiger partial charge in [-0.3, -0.25) is 9.59 Å². The van der Waals surface area contributed by atoms with Crippen molar-refractivity contribution in [2.24, 2.45) is 0 Å². The van der Waals surface area contributed by atoms with E-state index in [2.05, 4.69) is 10.6 Å². The third kappa shape index (κ3) is 2.97. The van der Waals surface area contributed by atoms with E-state index >= 15 is 0 Å². The number of hydrogen-bond donors (Lipinski definition) is 2. The van der Waals surface area contributed by atoms with Crippen molar-refractivity contribution in [3.63, 3.8) is 0 Å². The number of furan rings is 1. The third-order valence-corrected chi connectivity index (χ3v) is 3.86. The zero-order valence-corrected chi connectivity index (χ0v) is 13.1. The topological polar surface area (TPSA) is 80.6 Å². The molecule has 2 heterocycles. The molecule has 2 amide bonds. The van der Waals surface area contributed by atoms with Crippen LogP contribution in [0.3, 0.4) is 0 Å². The molecule has 25 heavy (non-hydrogen) atoms. The number of nitrogens with one attached hydrogen (secondary N) is 2. The van der Waals surface area contributed by atoms with E-state index in [0.29, 0.717) is 29.3 Å². The lowest BCUT2D eigenvalue weighted by atomic mass is 10.1. The average Bonchev–Trinajstić information content (AvgIpc) is 3.15. The number of amides is 2. The molecule has 0 saturated heterocycles. The van der Waals surface area contributed by atoms with E-state index in [-0.39, 0.29) is 17.6 Å². The number of carbonyl (C=O) groups excluding carboxylic acids is 2. The molecule has 0 saturated carbocycles. The van der Waals surface area contributed by atoms with E-state index in [0.717, 1.165) is 5.56 Å². The van der Waals surface area contributed by atoms with Crippen molar-refractivity contribution >= 4 is 17.5 Å². The van der Waals surface area contributed by atoms with Crippen LogP contribution in [0.5, 0.6) is 11.5 Å². The predicted octanol–water partition coefficient (Wildman–Crippen LogP) is 3.57. The molecule has 4 rings (SSSR count). The molecule has 2 N–H and O–H groups in total. The number of hydrogen-bond acceptors (Lipinski definition) is 4. The Kier molecular flexibility index (Phi) is 3.70. The lowest BCUT2D eigenvalue weighted by Gasteiger charge is -2.19. The molecule has 1 aliphatic rings. The summed E-state index contributed by atoms with van der Waals surface area (Å²) in [7, 11) is 0. The molecule has 3 aromatic rings. The Hall–Kier alpha value is -3.54. The van der Waals surface area contributed by atoms with Gasteiger partial charge in [-0.1, -0.05) is 18.2 Å². The molecule has 1 aliphatic heterocycles. The van der Waals surface area contributed by atoms with Gasteiger partial charge in [-0.25, -0.2) is 0 Å². The number of para-hydroxylation sites is 1. The molecule has 124 valence electrons. The number of anilines is 1. The maximum absolute atomic E-state index is 12.4. The Morgan fingerprint density at radius 3 is 2.76 bits per heavy atom. The van der Waals surface area contributed by atoms with E-state index in [1.54, 1.807) is 30.3 Å². The van der Waals surface area contributed by atoms with Crippen LogP contribution in [0.4, 0.5) is 5.69 Å². The maximum Gasteiger partial charge on any atom is 0.291 e. The van der Waals surface area contributed by atoms with Crippen LogP contribution in [0.25, 0.3) is 0 Å². The minimum Gasteiger partial charge on any atom is -0.459 e.